The highest BCUT2D eigenvalue weighted by Gasteiger charge is 2.06. The molecule has 0 aliphatic carbocycles. The number of nitrogens with one attached hydrogen (secondary N) is 1. The summed E-state index contributed by atoms with van der Waals surface area (Å²) in [5.74, 6) is -0.979. The Balaban J connectivity index is 2.13. The van der Waals surface area contributed by atoms with Gasteiger partial charge in [0, 0.05) is 11.1 Å². The van der Waals surface area contributed by atoms with Gasteiger partial charge in [-0.25, -0.2) is 4.99 Å². The Morgan fingerprint density at radius 3 is 2.24 bits per heavy atom. The SMILES string of the molecule is NC(=O)c1cccc(N=C(N)NC(=O)c2ccccc2)c1. The molecule has 6 heteroatoms. The largest absolute Gasteiger partial charge is 0.369 e. The van der Waals surface area contributed by atoms with Gasteiger partial charge in [0.25, 0.3) is 5.91 Å². The fraction of sp³-hybridized carbons (Fsp3) is 0. The predicted octanol–water partition coefficient (Wildman–Crippen LogP) is 1.16. The first-order valence-electron chi connectivity index (χ1n) is 6.16. The van der Waals surface area contributed by atoms with Crippen molar-refractivity contribution in [1.82, 2.24) is 5.32 Å². The monoisotopic (exact) mass is 282 g/mol. The third-order valence-electron chi connectivity index (χ3n) is 2.66. The maximum absolute atomic E-state index is 11.9. The average Bonchev–Trinajstić information content (AvgIpc) is 2.48. The van der Waals surface area contributed by atoms with Crippen LogP contribution in [0.25, 0.3) is 0 Å². The Kier molecular flexibility index (Phi) is 4.30. The van der Waals surface area contributed by atoms with Crippen molar-refractivity contribution in [2.75, 3.05) is 0 Å². The summed E-state index contributed by atoms with van der Waals surface area (Å²) in [4.78, 5) is 27.0. The molecule has 106 valence electrons. The summed E-state index contributed by atoms with van der Waals surface area (Å²) < 4.78 is 0. The van der Waals surface area contributed by atoms with Gasteiger partial charge in [-0.15, -0.1) is 0 Å². The lowest BCUT2D eigenvalue weighted by Crippen LogP contribution is -2.36. The molecule has 2 amide bonds. The van der Waals surface area contributed by atoms with E-state index in [0.717, 1.165) is 0 Å². The van der Waals surface area contributed by atoms with E-state index in [1.807, 2.05) is 6.07 Å². The van der Waals surface area contributed by atoms with Crippen LogP contribution in [0.5, 0.6) is 0 Å². The molecule has 0 saturated heterocycles. The van der Waals surface area contributed by atoms with E-state index < -0.39 is 5.91 Å². The Labute approximate surface area is 121 Å². The second kappa shape index (κ2) is 6.33. The molecule has 5 N–H and O–H groups in total. The van der Waals surface area contributed by atoms with Gasteiger partial charge in [-0.3, -0.25) is 14.9 Å². The van der Waals surface area contributed by atoms with Gasteiger partial charge < -0.3 is 11.5 Å². The summed E-state index contributed by atoms with van der Waals surface area (Å²) in [7, 11) is 0. The molecule has 0 spiro atoms. The fourth-order valence-electron chi connectivity index (χ4n) is 1.67. The topological polar surface area (TPSA) is 111 Å². The van der Waals surface area contributed by atoms with E-state index in [-0.39, 0.29) is 11.9 Å². The van der Waals surface area contributed by atoms with Crippen molar-refractivity contribution >= 4 is 23.5 Å². The van der Waals surface area contributed by atoms with Crippen LogP contribution in [-0.4, -0.2) is 17.8 Å². The summed E-state index contributed by atoms with van der Waals surface area (Å²) in [6.07, 6.45) is 0. The summed E-state index contributed by atoms with van der Waals surface area (Å²) in [5.41, 5.74) is 12.1. The molecule has 0 bridgehead atoms. The first-order chi connectivity index (χ1) is 10.1. The van der Waals surface area contributed by atoms with E-state index >= 15 is 0 Å². The zero-order valence-corrected chi connectivity index (χ0v) is 11.1. The van der Waals surface area contributed by atoms with Gasteiger partial charge >= 0.3 is 0 Å². The Hall–Kier alpha value is -3.15. The van der Waals surface area contributed by atoms with Crippen molar-refractivity contribution in [2.24, 2.45) is 16.5 Å². The lowest BCUT2D eigenvalue weighted by atomic mass is 10.2. The molecule has 2 aromatic carbocycles. The number of rotatable bonds is 3. The van der Waals surface area contributed by atoms with Crippen LogP contribution in [0.3, 0.4) is 0 Å². The van der Waals surface area contributed by atoms with Crippen molar-refractivity contribution in [3.63, 3.8) is 0 Å². The first kappa shape index (κ1) is 14.3. The van der Waals surface area contributed by atoms with Crippen LogP contribution in [0.1, 0.15) is 20.7 Å². The van der Waals surface area contributed by atoms with Gasteiger partial charge in [-0.1, -0.05) is 24.3 Å². The number of carbonyl (C=O) groups excluding carboxylic acids is 2. The molecule has 0 unspecified atom stereocenters. The summed E-state index contributed by atoms with van der Waals surface area (Å²) in [5, 5.41) is 2.47. The number of nitrogens with zero attached hydrogens (tertiary/aromatic N) is 1. The van der Waals surface area contributed by atoms with Crippen LogP contribution in [0.4, 0.5) is 5.69 Å². The van der Waals surface area contributed by atoms with Gasteiger partial charge in [0.05, 0.1) is 5.69 Å². The zero-order chi connectivity index (χ0) is 15.2. The minimum Gasteiger partial charge on any atom is -0.369 e. The molecule has 0 aliphatic rings. The minimum absolute atomic E-state index is 0.0644. The molecule has 21 heavy (non-hydrogen) atoms. The third kappa shape index (κ3) is 3.90. The quantitative estimate of drug-likeness (QED) is 0.580. The van der Waals surface area contributed by atoms with Crippen LogP contribution in [0.2, 0.25) is 0 Å². The minimum atomic E-state index is -0.557. The highest BCUT2D eigenvalue weighted by atomic mass is 16.2. The molecule has 0 heterocycles. The summed E-state index contributed by atoms with van der Waals surface area (Å²) in [6.45, 7) is 0. The lowest BCUT2D eigenvalue weighted by molar-refractivity contribution is 0.0974. The number of hydrogen-bond donors (Lipinski definition) is 3. The van der Waals surface area contributed by atoms with E-state index in [1.54, 1.807) is 42.5 Å². The smallest absolute Gasteiger partial charge is 0.257 e. The molecule has 6 nitrogen and oxygen atoms in total. The second-order valence-corrected chi connectivity index (χ2v) is 4.23. The Morgan fingerprint density at radius 1 is 0.905 bits per heavy atom. The number of carbonyl (C=O) groups is 2. The second-order valence-electron chi connectivity index (χ2n) is 4.23. The number of aliphatic imine (C=N–C) groups is 1. The van der Waals surface area contributed by atoms with Gasteiger partial charge in [-0.2, -0.15) is 0 Å². The Bertz CT molecular complexity index is 696. The maximum atomic E-state index is 11.9. The number of benzene rings is 2. The third-order valence-corrected chi connectivity index (χ3v) is 2.66. The van der Waals surface area contributed by atoms with Crippen molar-refractivity contribution in [2.45, 2.75) is 0 Å². The van der Waals surface area contributed by atoms with Gasteiger partial charge in [0.1, 0.15) is 0 Å². The molecule has 2 rings (SSSR count). The standard InChI is InChI=1S/C15H14N4O2/c16-13(20)11-7-4-8-12(9-11)18-15(17)19-14(21)10-5-2-1-3-6-10/h1-9H,(H2,16,20)(H3,17,18,19,21). The number of guanidine groups is 1. The number of hydrogen-bond acceptors (Lipinski definition) is 3. The van der Waals surface area contributed by atoms with Gasteiger partial charge in [0.15, 0.2) is 0 Å². The van der Waals surface area contributed by atoms with Crippen molar-refractivity contribution in [3.8, 4) is 0 Å². The van der Waals surface area contributed by atoms with Crippen LogP contribution >= 0.6 is 0 Å². The molecule has 2 aromatic rings. The normalized spacial score (nSPS) is 11.0. The fourth-order valence-corrected chi connectivity index (χ4v) is 1.67. The number of primary amides is 1. The molecule has 0 saturated carbocycles. The number of amides is 2. The van der Waals surface area contributed by atoms with Crippen LogP contribution in [-0.2, 0) is 0 Å². The van der Waals surface area contributed by atoms with E-state index in [1.165, 1.54) is 6.07 Å². The van der Waals surface area contributed by atoms with Crippen LogP contribution in [0, 0.1) is 0 Å². The summed E-state index contributed by atoms with van der Waals surface area (Å²) >= 11 is 0. The van der Waals surface area contributed by atoms with E-state index in [2.05, 4.69) is 10.3 Å². The number of nitrogens with two attached hydrogens (primary N) is 2. The lowest BCUT2D eigenvalue weighted by Gasteiger charge is -2.04. The van der Waals surface area contributed by atoms with Gasteiger partial charge in [0.2, 0.25) is 11.9 Å². The highest BCUT2D eigenvalue weighted by molar-refractivity contribution is 6.05. The Morgan fingerprint density at radius 2 is 1.57 bits per heavy atom. The molecule has 0 aliphatic heterocycles. The first-order valence-corrected chi connectivity index (χ1v) is 6.16. The molecular weight excluding hydrogens is 268 g/mol. The predicted molar refractivity (Wildman–Crippen MR) is 80.2 cm³/mol. The molecule has 0 atom stereocenters. The van der Waals surface area contributed by atoms with Crippen molar-refractivity contribution in [3.05, 3.63) is 65.7 Å². The molecule has 0 fully saturated rings. The summed E-state index contributed by atoms with van der Waals surface area (Å²) in [6, 6.07) is 15.0. The maximum Gasteiger partial charge on any atom is 0.257 e. The van der Waals surface area contributed by atoms with Crippen molar-refractivity contribution < 1.29 is 9.59 Å². The van der Waals surface area contributed by atoms with E-state index in [0.29, 0.717) is 16.8 Å². The zero-order valence-electron chi connectivity index (χ0n) is 11.1. The van der Waals surface area contributed by atoms with Gasteiger partial charge in [-0.05, 0) is 30.3 Å². The molecule has 0 aromatic heterocycles. The van der Waals surface area contributed by atoms with Crippen LogP contribution < -0.4 is 16.8 Å². The molecular formula is C15H14N4O2. The van der Waals surface area contributed by atoms with E-state index in [4.69, 9.17) is 11.5 Å². The van der Waals surface area contributed by atoms with Crippen molar-refractivity contribution in [1.29, 1.82) is 0 Å². The van der Waals surface area contributed by atoms with E-state index in [9.17, 15) is 9.59 Å². The highest BCUT2D eigenvalue weighted by Crippen LogP contribution is 2.13. The average molecular weight is 282 g/mol. The molecule has 0 radical (unpaired) electrons. The van der Waals surface area contributed by atoms with Crippen LogP contribution in [0.15, 0.2) is 59.6 Å².